The monoisotopic (exact) mass is 335 g/mol. The lowest BCUT2D eigenvalue weighted by atomic mass is 10.2. The van der Waals surface area contributed by atoms with Gasteiger partial charge in [0.25, 0.3) is 0 Å². The lowest BCUT2D eigenvalue weighted by Crippen LogP contribution is -2.36. The Bertz CT molecular complexity index is 559. The predicted octanol–water partition coefficient (Wildman–Crippen LogP) is 3.67. The first kappa shape index (κ1) is 19.1. The summed E-state index contributed by atoms with van der Waals surface area (Å²) in [6.45, 7) is 5.70. The minimum Gasteiger partial charge on any atom is -0.332 e. The van der Waals surface area contributed by atoms with Crippen LogP contribution in [0.3, 0.4) is 0 Å². The molecule has 0 heterocycles. The maximum absolute atomic E-state index is 11.8. The van der Waals surface area contributed by atoms with E-state index >= 15 is 0 Å². The molecule has 1 rings (SSSR count). The fourth-order valence-electron chi connectivity index (χ4n) is 1.85. The highest BCUT2D eigenvalue weighted by Crippen LogP contribution is 2.15. The molecular formula is C17H25N3O2S. The van der Waals surface area contributed by atoms with Crippen LogP contribution in [0.5, 0.6) is 0 Å². The highest BCUT2D eigenvalue weighted by molar-refractivity contribution is 7.80. The van der Waals surface area contributed by atoms with Crippen LogP contribution in [0, 0.1) is 5.92 Å². The number of benzene rings is 1. The number of amides is 2. The van der Waals surface area contributed by atoms with Gasteiger partial charge in [-0.25, -0.2) is 0 Å². The molecule has 0 saturated heterocycles. The molecule has 1 aromatic carbocycles. The Kier molecular flexibility index (Phi) is 8.26. The van der Waals surface area contributed by atoms with Crippen LogP contribution in [0.25, 0.3) is 0 Å². The van der Waals surface area contributed by atoms with Gasteiger partial charge < -0.3 is 16.0 Å². The largest absolute Gasteiger partial charge is 0.332 e. The number of nitrogens with one attached hydrogen (secondary N) is 3. The molecule has 0 unspecified atom stereocenters. The van der Waals surface area contributed by atoms with Crippen molar-refractivity contribution in [1.82, 2.24) is 5.32 Å². The van der Waals surface area contributed by atoms with Gasteiger partial charge in [0.1, 0.15) is 0 Å². The highest BCUT2D eigenvalue weighted by atomic mass is 32.1. The third kappa shape index (κ3) is 7.74. The molecule has 0 aliphatic rings. The molecule has 0 aromatic heterocycles. The summed E-state index contributed by atoms with van der Waals surface area (Å²) in [5.41, 5.74) is 1.42. The van der Waals surface area contributed by atoms with E-state index in [1.165, 1.54) is 0 Å². The third-order valence-corrected chi connectivity index (χ3v) is 3.38. The number of anilines is 2. The molecule has 0 saturated carbocycles. The van der Waals surface area contributed by atoms with E-state index in [4.69, 9.17) is 12.2 Å². The minimum atomic E-state index is -0.136. The fraction of sp³-hybridized carbons (Fsp3) is 0.471. The Morgan fingerprint density at radius 1 is 1.13 bits per heavy atom. The lowest BCUT2D eigenvalue weighted by molar-refractivity contribution is -0.122. The molecule has 0 fully saturated rings. The Morgan fingerprint density at radius 3 is 2.39 bits per heavy atom. The van der Waals surface area contributed by atoms with Crippen molar-refractivity contribution in [3.63, 3.8) is 0 Å². The van der Waals surface area contributed by atoms with Crippen molar-refractivity contribution in [3.8, 4) is 0 Å². The van der Waals surface area contributed by atoms with Crippen molar-refractivity contribution in [2.24, 2.45) is 5.92 Å². The number of carbonyl (C=O) groups is 2. The summed E-state index contributed by atoms with van der Waals surface area (Å²) < 4.78 is 0. The van der Waals surface area contributed by atoms with Gasteiger partial charge in [0, 0.05) is 23.7 Å². The van der Waals surface area contributed by atoms with Gasteiger partial charge in [-0.1, -0.05) is 39.7 Å². The molecule has 0 bridgehead atoms. The van der Waals surface area contributed by atoms with Crippen LogP contribution in [0.2, 0.25) is 0 Å². The molecule has 0 radical (unpaired) electrons. The van der Waals surface area contributed by atoms with Gasteiger partial charge >= 0.3 is 0 Å². The van der Waals surface area contributed by atoms with Crippen LogP contribution in [-0.2, 0) is 9.59 Å². The van der Waals surface area contributed by atoms with E-state index in [1.54, 1.807) is 19.9 Å². The second-order valence-corrected chi connectivity index (χ2v) is 6.09. The SMILES string of the molecule is CCCCCC(=O)Nc1cccc(NC(=S)NC(=O)C(C)C)c1. The van der Waals surface area contributed by atoms with Crippen molar-refractivity contribution in [2.45, 2.75) is 46.5 Å². The van der Waals surface area contributed by atoms with Gasteiger partial charge in [-0.15, -0.1) is 0 Å². The number of thiocarbonyl (C=S) groups is 1. The second kappa shape index (κ2) is 9.94. The van der Waals surface area contributed by atoms with Gasteiger partial charge in [-0.05, 0) is 36.8 Å². The molecule has 1 aromatic rings. The smallest absolute Gasteiger partial charge is 0.228 e. The molecule has 6 heteroatoms. The molecule has 23 heavy (non-hydrogen) atoms. The number of carbonyl (C=O) groups excluding carboxylic acids is 2. The molecule has 126 valence electrons. The van der Waals surface area contributed by atoms with E-state index < -0.39 is 0 Å². The summed E-state index contributed by atoms with van der Waals surface area (Å²) in [5.74, 6) is -0.266. The normalized spacial score (nSPS) is 10.3. The Labute approximate surface area is 143 Å². The first-order valence-electron chi connectivity index (χ1n) is 7.94. The second-order valence-electron chi connectivity index (χ2n) is 5.68. The molecule has 0 aliphatic heterocycles. The first-order valence-corrected chi connectivity index (χ1v) is 8.35. The summed E-state index contributed by atoms with van der Waals surface area (Å²) in [6.07, 6.45) is 3.56. The lowest BCUT2D eigenvalue weighted by Gasteiger charge is -2.12. The average Bonchev–Trinajstić information content (AvgIpc) is 2.47. The summed E-state index contributed by atoms with van der Waals surface area (Å²) >= 11 is 5.10. The Balaban J connectivity index is 2.54. The van der Waals surface area contributed by atoms with E-state index in [2.05, 4.69) is 22.9 Å². The quantitative estimate of drug-likeness (QED) is 0.525. The van der Waals surface area contributed by atoms with Crippen LogP contribution < -0.4 is 16.0 Å². The number of hydrogen-bond acceptors (Lipinski definition) is 3. The van der Waals surface area contributed by atoms with Gasteiger partial charge in [-0.3, -0.25) is 9.59 Å². The van der Waals surface area contributed by atoms with E-state index in [0.717, 1.165) is 19.3 Å². The van der Waals surface area contributed by atoms with Gasteiger partial charge in [-0.2, -0.15) is 0 Å². The van der Waals surface area contributed by atoms with Gasteiger partial charge in [0.05, 0.1) is 0 Å². The molecular weight excluding hydrogens is 310 g/mol. The molecule has 0 spiro atoms. The average molecular weight is 335 g/mol. The zero-order valence-electron chi connectivity index (χ0n) is 13.9. The fourth-order valence-corrected chi connectivity index (χ4v) is 2.07. The maximum atomic E-state index is 11.8. The van der Waals surface area contributed by atoms with Crippen molar-refractivity contribution < 1.29 is 9.59 Å². The van der Waals surface area contributed by atoms with Crippen molar-refractivity contribution in [3.05, 3.63) is 24.3 Å². The molecule has 0 aliphatic carbocycles. The van der Waals surface area contributed by atoms with Gasteiger partial charge in [0.2, 0.25) is 11.8 Å². The third-order valence-electron chi connectivity index (χ3n) is 3.17. The van der Waals surface area contributed by atoms with Crippen LogP contribution in [0.15, 0.2) is 24.3 Å². The standard InChI is InChI=1S/C17H25N3O2S/c1-4-5-6-10-15(21)18-13-8-7-9-14(11-13)19-17(23)20-16(22)12(2)3/h7-9,11-12H,4-6,10H2,1-3H3,(H,18,21)(H2,19,20,22,23). The zero-order valence-corrected chi connectivity index (χ0v) is 14.8. The van der Waals surface area contributed by atoms with Crippen molar-refractivity contribution in [2.75, 3.05) is 10.6 Å². The summed E-state index contributed by atoms with van der Waals surface area (Å²) in [6, 6.07) is 7.24. The topological polar surface area (TPSA) is 70.2 Å². The van der Waals surface area contributed by atoms with Crippen LogP contribution in [-0.4, -0.2) is 16.9 Å². The summed E-state index contributed by atoms with van der Waals surface area (Å²) in [7, 11) is 0. The number of unbranched alkanes of at least 4 members (excludes halogenated alkanes) is 2. The summed E-state index contributed by atoms with van der Waals surface area (Å²) in [5, 5.41) is 8.67. The van der Waals surface area contributed by atoms with Crippen molar-refractivity contribution in [1.29, 1.82) is 0 Å². The Hall–Kier alpha value is -1.95. The number of hydrogen-bond donors (Lipinski definition) is 3. The van der Waals surface area contributed by atoms with Crippen LogP contribution in [0.4, 0.5) is 11.4 Å². The highest BCUT2D eigenvalue weighted by Gasteiger charge is 2.09. The number of rotatable bonds is 7. The molecule has 3 N–H and O–H groups in total. The Morgan fingerprint density at radius 2 is 1.78 bits per heavy atom. The molecule has 5 nitrogen and oxygen atoms in total. The zero-order chi connectivity index (χ0) is 17.2. The van der Waals surface area contributed by atoms with Gasteiger partial charge in [0.15, 0.2) is 5.11 Å². The van der Waals surface area contributed by atoms with Crippen LogP contribution in [0.1, 0.15) is 46.5 Å². The van der Waals surface area contributed by atoms with E-state index in [-0.39, 0.29) is 22.8 Å². The molecule has 0 atom stereocenters. The maximum Gasteiger partial charge on any atom is 0.228 e. The van der Waals surface area contributed by atoms with Crippen molar-refractivity contribution >= 4 is 40.5 Å². The molecule has 2 amide bonds. The minimum absolute atomic E-state index is 0.00582. The predicted molar refractivity (Wildman–Crippen MR) is 98.4 cm³/mol. The van der Waals surface area contributed by atoms with Crippen LogP contribution >= 0.6 is 12.2 Å². The van der Waals surface area contributed by atoms with E-state index in [1.807, 2.05) is 18.2 Å². The first-order chi connectivity index (χ1) is 10.9. The summed E-state index contributed by atoms with van der Waals surface area (Å²) in [4.78, 5) is 23.4. The van der Waals surface area contributed by atoms with E-state index in [9.17, 15) is 9.59 Å². The van der Waals surface area contributed by atoms with E-state index in [0.29, 0.717) is 17.8 Å².